The molecule has 1 aliphatic rings. The molecule has 3 rings (SSSR count). The highest BCUT2D eigenvalue weighted by Gasteiger charge is 2.13. The average Bonchev–Trinajstić information content (AvgIpc) is 2.67. The second-order valence-electron chi connectivity index (χ2n) is 6.52. The molecule has 142 valence electrons. The Kier molecular flexibility index (Phi) is 6.48. The smallest absolute Gasteiger partial charge is 0.200 e. The molecule has 0 aliphatic carbocycles. The van der Waals surface area contributed by atoms with Crippen molar-refractivity contribution in [3.8, 4) is 5.75 Å². The van der Waals surface area contributed by atoms with Gasteiger partial charge < -0.3 is 14.4 Å². The third-order valence-corrected chi connectivity index (χ3v) is 4.65. The van der Waals surface area contributed by atoms with E-state index >= 15 is 0 Å². The van der Waals surface area contributed by atoms with Crippen LogP contribution in [0, 0.1) is 13.8 Å². The van der Waals surface area contributed by atoms with Crippen molar-refractivity contribution < 1.29 is 14.3 Å². The molecule has 0 aromatic heterocycles. The highest BCUT2D eigenvalue weighted by Crippen LogP contribution is 2.24. The molecule has 27 heavy (non-hydrogen) atoms. The Morgan fingerprint density at radius 1 is 1.22 bits per heavy atom. The predicted octanol–water partition coefficient (Wildman–Crippen LogP) is 4.21. The fourth-order valence-corrected chi connectivity index (χ4v) is 3.04. The highest BCUT2D eigenvalue weighted by atomic mass is 35.5. The Labute approximate surface area is 164 Å². The van der Waals surface area contributed by atoms with Crippen molar-refractivity contribution in [1.29, 1.82) is 0 Å². The lowest BCUT2D eigenvalue weighted by Crippen LogP contribution is -2.35. The van der Waals surface area contributed by atoms with Gasteiger partial charge in [0.05, 0.1) is 25.2 Å². The van der Waals surface area contributed by atoms with Crippen LogP contribution in [-0.2, 0) is 4.74 Å². The number of halogens is 1. The predicted molar refractivity (Wildman–Crippen MR) is 108 cm³/mol. The number of ether oxygens (including phenoxy) is 2. The lowest BCUT2D eigenvalue weighted by atomic mass is 10.0. The molecule has 0 atom stereocenters. The van der Waals surface area contributed by atoms with Gasteiger partial charge in [0.15, 0.2) is 12.4 Å². The molecule has 0 radical (unpaired) electrons. The first-order valence-electron chi connectivity index (χ1n) is 8.92. The lowest BCUT2D eigenvalue weighted by Gasteiger charge is -2.24. The molecule has 6 heteroatoms. The van der Waals surface area contributed by atoms with Crippen LogP contribution in [-0.4, -0.2) is 49.9 Å². The molecule has 1 heterocycles. The number of hydrogen-bond donors (Lipinski definition) is 0. The van der Waals surface area contributed by atoms with Gasteiger partial charge >= 0.3 is 0 Å². The summed E-state index contributed by atoms with van der Waals surface area (Å²) in [4.78, 5) is 19.3. The van der Waals surface area contributed by atoms with E-state index in [1.165, 1.54) is 0 Å². The third kappa shape index (κ3) is 5.31. The second kappa shape index (κ2) is 9.02. The first-order valence-corrected chi connectivity index (χ1v) is 9.29. The van der Waals surface area contributed by atoms with Gasteiger partial charge in [0, 0.05) is 23.7 Å². The summed E-state index contributed by atoms with van der Waals surface area (Å²) in [6.45, 7) is 6.99. The lowest BCUT2D eigenvalue weighted by molar-refractivity contribution is 0.0701. The summed E-state index contributed by atoms with van der Waals surface area (Å²) in [6, 6.07) is 10.8. The number of morpholine rings is 1. The molecule has 0 saturated carbocycles. The fourth-order valence-electron chi connectivity index (χ4n) is 2.86. The van der Waals surface area contributed by atoms with Crippen molar-refractivity contribution in [2.75, 3.05) is 32.9 Å². The Balaban J connectivity index is 1.68. The monoisotopic (exact) mass is 386 g/mol. The number of nitrogens with zero attached hydrogens (tertiary/aromatic N) is 2. The quantitative estimate of drug-likeness (QED) is 0.424. The van der Waals surface area contributed by atoms with Gasteiger partial charge in [0.25, 0.3) is 0 Å². The second-order valence-corrected chi connectivity index (χ2v) is 6.95. The fraction of sp³-hybridized carbons (Fsp3) is 0.333. The summed E-state index contributed by atoms with van der Waals surface area (Å²) in [5.41, 5.74) is 3.36. The minimum Gasteiger partial charge on any atom is -0.485 e. The SMILES string of the molecule is Cc1cc(C(=O)COc2cccc(Cl)c2)c(C)cc1N=CN1CCOCC1. The molecule has 1 aliphatic heterocycles. The number of benzene rings is 2. The zero-order chi connectivity index (χ0) is 19.2. The van der Waals surface area contributed by atoms with Crippen LogP contribution in [0.5, 0.6) is 5.75 Å². The summed E-state index contributed by atoms with van der Waals surface area (Å²) in [5, 5.41) is 0.578. The van der Waals surface area contributed by atoms with Crippen LogP contribution in [0.2, 0.25) is 5.02 Å². The Hall–Kier alpha value is -2.37. The van der Waals surface area contributed by atoms with Crippen LogP contribution in [0.4, 0.5) is 5.69 Å². The molecular weight excluding hydrogens is 364 g/mol. The summed E-state index contributed by atoms with van der Waals surface area (Å²) < 4.78 is 10.9. The van der Waals surface area contributed by atoms with Crippen molar-refractivity contribution in [3.63, 3.8) is 0 Å². The molecule has 0 N–H and O–H groups in total. The molecule has 0 bridgehead atoms. The minimum atomic E-state index is -0.0701. The Bertz CT molecular complexity index is 845. The molecule has 0 unspecified atom stereocenters. The standard InChI is InChI=1S/C21H23ClN2O3/c1-15-11-20(23-14-24-6-8-26-9-7-24)16(2)10-19(15)21(25)13-27-18-5-3-4-17(22)12-18/h3-5,10-12,14H,6-9,13H2,1-2H3. The van der Waals surface area contributed by atoms with Crippen LogP contribution in [0.15, 0.2) is 41.4 Å². The van der Waals surface area contributed by atoms with E-state index in [0.717, 1.165) is 43.1 Å². The van der Waals surface area contributed by atoms with E-state index in [1.807, 2.05) is 32.3 Å². The molecule has 1 saturated heterocycles. The minimum absolute atomic E-state index is 0.0307. The number of aryl methyl sites for hydroxylation is 2. The maximum absolute atomic E-state index is 12.6. The number of hydrogen-bond acceptors (Lipinski definition) is 4. The van der Waals surface area contributed by atoms with Gasteiger partial charge in [-0.05, 0) is 55.3 Å². The molecule has 0 amide bonds. The van der Waals surface area contributed by atoms with Crippen molar-refractivity contribution in [3.05, 3.63) is 58.1 Å². The summed E-state index contributed by atoms with van der Waals surface area (Å²) in [6.07, 6.45) is 1.86. The number of rotatable bonds is 6. The number of Topliss-reactive ketones (excluding diaryl/α,β-unsaturated/α-hetero) is 1. The number of carbonyl (C=O) groups is 1. The highest BCUT2D eigenvalue weighted by molar-refractivity contribution is 6.30. The van der Waals surface area contributed by atoms with Crippen LogP contribution in [0.1, 0.15) is 21.5 Å². The molecule has 0 spiro atoms. The van der Waals surface area contributed by atoms with E-state index in [0.29, 0.717) is 16.3 Å². The molecule has 5 nitrogen and oxygen atoms in total. The van der Waals surface area contributed by atoms with Gasteiger partial charge in [-0.3, -0.25) is 4.79 Å². The van der Waals surface area contributed by atoms with Gasteiger partial charge in [-0.2, -0.15) is 0 Å². The maximum atomic E-state index is 12.6. The van der Waals surface area contributed by atoms with Crippen molar-refractivity contribution in [1.82, 2.24) is 4.90 Å². The first-order chi connectivity index (χ1) is 13.0. The van der Waals surface area contributed by atoms with Crippen molar-refractivity contribution in [2.45, 2.75) is 13.8 Å². The summed E-state index contributed by atoms with van der Waals surface area (Å²) >= 11 is 5.94. The molecule has 1 fully saturated rings. The van der Waals surface area contributed by atoms with Crippen molar-refractivity contribution in [2.24, 2.45) is 4.99 Å². The van der Waals surface area contributed by atoms with E-state index < -0.39 is 0 Å². The van der Waals surface area contributed by atoms with Gasteiger partial charge in [-0.1, -0.05) is 17.7 Å². The van der Waals surface area contributed by atoms with E-state index in [4.69, 9.17) is 21.1 Å². The van der Waals surface area contributed by atoms with E-state index in [1.54, 1.807) is 24.3 Å². The zero-order valence-electron chi connectivity index (χ0n) is 15.6. The van der Waals surface area contributed by atoms with E-state index in [2.05, 4.69) is 9.89 Å². The summed E-state index contributed by atoms with van der Waals surface area (Å²) in [7, 11) is 0. The first kappa shape index (κ1) is 19.4. The van der Waals surface area contributed by atoms with E-state index in [9.17, 15) is 4.79 Å². The third-order valence-electron chi connectivity index (χ3n) is 4.42. The van der Waals surface area contributed by atoms with E-state index in [-0.39, 0.29) is 12.4 Å². The largest absolute Gasteiger partial charge is 0.485 e. The van der Waals surface area contributed by atoms with Gasteiger partial charge in [0.2, 0.25) is 0 Å². The number of carbonyl (C=O) groups excluding carboxylic acids is 1. The molecular formula is C21H23ClN2O3. The topological polar surface area (TPSA) is 51.1 Å². The van der Waals surface area contributed by atoms with Crippen LogP contribution in [0.3, 0.4) is 0 Å². The van der Waals surface area contributed by atoms with Gasteiger partial charge in [-0.25, -0.2) is 4.99 Å². The zero-order valence-corrected chi connectivity index (χ0v) is 16.3. The number of ketones is 1. The van der Waals surface area contributed by atoms with Crippen LogP contribution < -0.4 is 4.74 Å². The Morgan fingerprint density at radius 2 is 2.00 bits per heavy atom. The molecule has 2 aromatic rings. The van der Waals surface area contributed by atoms with Crippen molar-refractivity contribution >= 4 is 29.4 Å². The Morgan fingerprint density at radius 3 is 2.74 bits per heavy atom. The van der Waals surface area contributed by atoms with Gasteiger partial charge in [-0.15, -0.1) is 0 Å². The number of aliphatic imine (C=N–C) groups is 1. The van der Waals surface area contributed by atoms with Gasteiger partial charge in [0.1, 0.15) is 5.75 Å². The van der Waals surface area contributed by atoms with Crippen LogP contribution in [0.25, 0.3) is 0 Å². The maximum Gasteiger partial charge on any atom is 0.200 e. The summed E-state index contributed by atoms with van der Waals surface area (Å²) in [5.74, 6) is 0.510. The normalized spacial score (nSPS) is 14.6. The average molecular weight is 387 g/mol. The molecule has 2 aromatic carbocycles. The van der Waals surface area contributed by atoms with Crippen LogP contribution >= 0.6 is 11.6 Å².